The van der Waals surface area contributed by atoms with Crippen molar-refractivity contribution in [3.63, 3.8) is 0 Å². The molecule has 0 fully saturated rings. The van der Waals surface area contributed by atoms with E-state index in [0.29, 0.717) is 6.42 Å². The van der Waals surface area contributed by atoms with Gasteiger partial charge < -0.3 is 9.64 Å². The van der Waals surface area contributed by atoms with Crippen LogP contribution in [0.5, 0.6) is 0 Å². The van der Waals surface area contributed by atoms with Crippen LogP contribution in [0.15, 0.2) is 71.1 Å². The third-order valence-electron chi connectivity index (χ3n) is 5.48. The van der Waals surface area contributed by atoms with Crippen LogP contribution in [0.2, 0.25) is 0 Å². The van der Waals surface area contributed by atoms with Crippen molar-refractivity contribution in [3.8, 4) is 0 Å². The lowest BCUT2D eigenvalue weighted by Crippen LogP contribution is -2.42. The van der Waals surface area contributed by atoms with Crippen molar-refractivity contribution in [3.05, 3.63) is 93.7 Å². The average Bonchev–Trinajstić information content (AvgIpc) is 3.52. The molecule has 1 aliphatic heterocycles. The second kappa shape index (κ2) is 10.7. The molecule has 0 N–H and O–H groups in total. The average molecular weight is 484 g/mol. The Morgan fingerprint density at radius 2 is 1.91 bits per heavy atom. The van der Waals surface area contributed by atoms with Gasteiger partial charge in [0, 0.05) is 25.6 Å². The third-order valence-corrected chi connectivity index (χ3v) is 6.40. The van der Waals surface area contributed by atoms with E-state index in [2.05, 4.69) is 5.10 Å². The quantitative estimate of drug-likeness (QED) is 0.474. The zero-order valence-electron chi connectivity index (χ0n) is 18.5. The van der Waals surface area contributed by atoms with Gasteiger partial charge in [-0.25, -0.2) is 13.8 Å². The fourth-order valence-electron chi connectivity index (χ4n) is 3.77. The third kappa shape index (κ3) is 5.37. The summed E-state index contributed by atoms with van der Waals surface area (Å²) in [6.07, 6.45) is 0.466. The Morgan fingerprint density at radius 3 is 2.59 bits per heavy atom. The van der Waals surface area contributed by atoms with Gasteiger partial charge in [-0.1, -0.05) is 24.3 Å². The van der Waals surface area contributed by atoms with E-state index in [9.17, 15) is 18.4 Å². The van der Waals surface area contributed by atoms with Gasteiger partial charge in [-0.3, -0.25) is 9.59 Å². The number of carbonyl (C=O) groups excluding carboxylic acids is 2. The van der Waals surface area contributed by atoms with Crippen LogP contribution in [0.1, 0.15) is 33.3 Å². The predicted octanol–water partition coefficient (Wildman–Crippen LogP) is 4.49. The van der Waals surface area contributed by atoms with Crippen molar-refractivity contribution in [2.24, 2.45) is 5.10 Å². The summed E-state index contributed by atoms with van der Waals surface area (Å²) in [5.41, 5.74) is 1.63. The normalized spacial score (nSPS) is 15.3. The van der Waals surface area contributed by atoms with Crippen LogP contribution < -0.4 is 0 Å². The highest BCUT2D eigenvalue weighted by molar-refractivity contribution is 7.12. The maximum atomic E-state index is 13.7. The fourth-order valence-corrected chi connectivity index (χ4v) is 4.49. The van der Waals surface area contributed by atoms with Gasteiger partial charge >= 0.3 is 0 Å². The van der Waals surface area contributed by atoms with Crippen molar-refractivity contribution in [2.75, 3.05) is 26.8 Å². The molecule has 34 heavy (non-hydrogen) atoms. The molecule has 1 atom stereocenters. The van der Waals surface area contributed by atoms with E-state index in [1.807, 2.05) is 17.5 Å². The van der Waals surface area contributed by atoms with Gasteiger partial charge in [-0.05, 0) is 47.3 Å². The molecule has 1 aromatic heterocycles. The molecule has 176 valence electrons. The molecule has 1 aliphatic rings. The molecule has 2 amide bonds. The molecular formula is C25H23F2N3O3S. The second-order valence-corrected chi connectivity index (χ2v) is 8.71. The first-order chi connectivity index (χ1) is 16.5. The Hall–Kier alpha value is -3.43. The van der Waals surface area contributed by atoms with Gasteiger partial charge in [-0.2, -0.15) is 5.10 Å². The van der Waals surface area contributed by atoms with E-state index in [4.69, 9.17) is 4.74 Å². The molecule has 0 bridgehead atoms. The summed E-state index contributed by atoms with van der Waals surface area (Å²) < 4.78 is 32.3. The van der Waals surface area contributed by atoms with E-state index in [1.54, 1.807) is 12.1 Å². The van der Waals surface area contributed by atoms with Crippen molar-refractivity contribution in [2.45, 2.75) is 12.5 Å². The van der Waals surface area contributed by atoms with Gasteiger partial charge in [0.1, 0.15) is 18.2 Å². The first kappa shape index (κ1) is 23.7. The Balaban J connectivity index is 1.60. The van der Waals surface area contributed by atoms with Crippen molar-refractivity contribution in [1.29, 1.82) is 0 Å². The maximum Gasteiger partial charge on any atom is 0.262 e. The molecule has 0 saturated heterocycles. The number of methoxy groups -OCH3 is 1. The van der Waals surface area contributed by atoms with Crippen LogP contribution >= 0.6 is 11.3 Å². The lowest BCUT2D eigenvalue weighted by atomic mass is 10.0. The highest BCUT2D eigenvalue weighted by Crippen LogP contribution is 2.34. The molecular weight excluding hydrogens is 460 g/mol. The minimum atomic E-state index is -0.537. The molecule has 2 aromatic carbocycles. The first-order valence-electron chi connectivity index (χ1n) is 10.7. The smallest absolute Gasteiger partial charge is 0.262 e. The number of halogens is 2. The van der Waals surface area contributed by atoms with Gasteiger partial charge in [0.15, 0.2) is 0 Å². The summed E-state index contributed by atoms with van der Waals surface area (Å²) >= 11 is 1.52. The SMILES string of the molecule is COCCN(CC(=O)N1N=C(c2cccs2)C[C@H]1c1ccc(F)cc1)C(=O)c1cccc(F)c1. The van der Waals surface area contributed by atoms with Crippen LogP contribution in [-0.2, 0) is 9.53 Å². The maximum absolute atomic E-state index is 13.7. The standard InChI is InChI=1S/C25H23F2N3O3S/c1-33-12-11-29(25(32)18-4-2-5-20(27)14-18)16-24(31)30-22(17-7-9-19(26)10-8-17)15-21(28-30)23-6-3-13-34-23/h2-10,13-14,22H,11-12,15-16H2,1H3/t22-/m0/s1. The number of carbonyl (C=O) groups is 2. The van der Waals surface area contributed by atoms with Crippen LogP contribution in [0.3, 0.4) is 0 Å². The summed E-state index contributed by atoms with van der Waals surface area (Å²) in [5.74, 6) is -1.79. The molecule has 0 radical (unpaired) electrons. The summed E-state index contributed by atoms with van der Waals surface area (Å²) in [5, 5.41) is 7.87. The predicted molar refractivity (Wildman–Crippen MR) is 126 cm³/mol. The van der Waals surface area contributed by atoms with Gasteiger partial charge in [0.05, 0.1) is 23.2 Å². The molecule has 3 aromatic rings. The number of benzene rings is 2. The molecule has 0 unspecified atom stereocenters. The van der Waals surface area contributed by atoms with Crippen LogP contribution in [0, 0.1) is 11.6 Å². The number of rotatable bonds is 8. The Labute approximate surface area is 200 Å². The summed E-state index contributed by atoms with van der Waals surface area (Å²) in [4.78, 5) is 28.7. The lowest BCUT2D eigenvalue weighted by Gasteiger charge is -2.27. The molecule has 0 saturated carbocycles. The number of nitrogens with zero attached hydrogens (tertiary/aromatic N) is 3. The van der Waals surface area contributed by atoms with Crippen LogP contribution in [0.4, 0.5) is 8.78 Å². The molecule has 6 nitrogen and oxygen atoms in total. The molecule has 4 rings (SSSR count). The number of ether oxygens (including phenoxy) is 1. The number of hydrogen-bond acceptors (Lipinski definition) is 5. The number of thiophene rings is 1. The number of amides is 2. The van der Waals surface area contributed by atoms with E-state index >= 15 is 0 Å². The molecule has 0 spiro atoms. The minimum absolute atomic E-state index is 0.142. The monoisotopic (exact) mass is 483 g/mol. The van der Waals surface area contributed by atoms with E-state index in [-0.39, 0.29) is 31.1 Å². The Bertz CT molecular complexity index is 1180. The van der Waals surface area contributed by atoms with Crippen molar-refractivity contribution in [1.82, 2.24) is 9.91 Å². The first-order valence-corrected chi connectivity index (χ1v) is 11.6. The second-order valence-electron chi connectivity index (χ2n) is 7.76. The number of hydrogen-bond donors (Lipinski definition) is 0. The van der Waals surface area contributed by atoms with Gasteiger partial charge in [-0.15, -0.1) is 11.3 Å². The van der Waals surface area contributed by atoms with E-state index in [0.717, 1.165) is 22.2 Å². The van der Waals surface area contributed by atoms with Crippen molar-refractivity contribution < 1.29 is 23.1 Å². The molecule has 9 heteroatoms. The largest absolute Gasteiger partial charge is 0.383 e. The van der Waals surface area contributed by atoms with E-state index < -0.39 is 23.7 Å². The highest BCUT2D eigenvalue weighted by Gasteiger charge is 2.34. The van der Waals surface area contributed by atoms with E-state index in [1.165, 1.54) is 58.7 Å². The van der Waals surface area contributed by atoms with Gasteiger partial charge in [0.25, 0.3) is 11.8 Å². The minimum Gasteiger partial charge on any atom is -0.383 e. The summed E-state index contributed by atoms with van der Waals surface area (Å²) in [6.45, 7) is 0.0885. The Kier molecular flexibility index (Phi) is 7.44. The Morgan fingerprint density at radius 1 is 1.12 bits per heavy atom. The molecule has 2 heterocycles. The summed E-state index contributed by atoms with van der Waals surface area (Å²) in [6, 6.07) is 14.7. The zero-order valence-corrected chi connectivity index (χ0v) is 19.3. The fraction of sp³-hybridized carbons (Fsp3) is 0.240. The topological polar surface area (TPSA) is 62.2 Å². The number of hydrazone groups is 1. The summed E-state index contributed by atoms with van der Waals surface area (Å²) in [7, 11) is 1.50. The van der Waals surface area contributed by atoms with Crippen LogP contribution in [0.25, 0.3) is 0 Å². The van der Waals surface area contributed by atoms with Gasteiger partial charge in [0.2, 0.25) is 0 Å². The van der Waals surface area contributed by atoms with Crippen LogP contribution in [-0.4, -0.2) is 54.2 Å². The molecule has 0 aliphatic carbocycles. The highest BCUT2D eigenvalue weighted by atomic mass is 32.1. The van der Waals surface area contributed by atoms with Crippen molar-refractivity contribution >= 4 is 28.9 Å². The zero-order chi connectivity index (χ0) is 24.1. The lowest BCUT2D eigenvalue weighted by molar-refractivity contribution is -0.133.